The van der Waals surface area contributed by atoms with Gasteiger partial charge in [-0.15, -0.1) is 0 Å². The Hall–Kier alpha value is -3.46. The van der Waals surface area contributed by atoms with Crippen LogP contribution in [-0.4, -0.2) is 42.3 Å². The average molecular weight is 406 g/mol. The summed E-state index contributed by atoms with van der Waals surface area (Å²) >= 11 is 5.82. The van der Waals surface area contributed by atoms with Crippen LogP contribution >= 0.6 is 11.6 Å². The van der Waals surface area contributed by atoms with E-state index in [2.05, 4.69) is 5.32 Å². The number of nitrogens with one attached hydrogen (secondary N) is 1. The normalized spacial score (nSPS) is 13.9. The molecule has 0 unspecified atom stereocenters. The maximum Gasteiger partial charge on any atom is 0.339 e. The van der Waals surface area contributed by atoms with E-state index in [4.69, 9.17) is 16.3 Å². The van der Waals surface area contributed by atoms with Crippen molar-refractivity contribution in [1.29, 1.82) is 0 Å². The van der Waals surface area contributed by atoms with E-state index in [1.54, 1.807) is 0 Å². The number of amides is 5. The number of nitrogens with zero attached hydrogens (tertiary/aromatic N) is 2. The minimum Gasteiger partial charge on any atom is -0.497 e. The molecule has 0 radical (unpaired) electrons. The van der Waals surface area contributed by atoms with Crippen LogP contribution in [0.3, 0.4) is 0 Å². The van der Waals surface area contributed by atoms with Crippen molar-refractivity contribution >= 4 is 46.7 Å². The third-order valence-electron chi connectivity index (χ3n) is 3.89. The lowest BCUT2D eigenvalue weighted by Gasteiger charge is -2.16. The number of carbonyl (C=O) groups is 4. The van der Waals surface area contributed by atoms with E-state index in [9.17, 15) is 23.6 Å². The Labute approximate surface area is 163 Å². The number of halogens is 2. The zero-order valence-electron chi connectivity index (χ0n) is 14.4. The molecule has 1 aliphatic rings. The van der Waals surface area contributed by atoms with Crippen LogP contribution in [0.1, 0.15) is 0 Å². The number of hydrogen-bond donors (Lipinski definition) is 1. The van der Waals surface area contributed by atoms with Crippen molar-refractivity contribution in [1.82, 2.24) is 4.90 Å². The Kier molecular flexibility index (Phi) is 5.27. The molecule has 0 bridgehead atoms. The molecule has 1 N–H and O–H groups in total. The van der Waals surface area contributed by atoms with Crippen molar-refractivity contribution in [3.63, 3.8) is 0 Å². The van der Waals surface area contributed by atoms with E-state index in [1.807, 2.05) is 0 Å². The van der Waals surface area contributed by atoms with Gasteiger partial charge in [0.2, 0.25) is 5.91 Å². The molecular weight excluding hydrogens is 393 g/mol. The van der Waals surface area contributed by atoms with Gasteiger partial charge in [-0.3, -0.25) is 14.4 Å². The van der Waals surface area contributed by atoms with Gasteiger partial charge >= 0.3 is 17.8 Å². The second-order valence-corrected chi connectivity index (χ2v) is 6.09. The Morgan fingerprint density at radius 2 is 1.79 bits per heavy atom. The highest BCUT2D eigenvalue weighted by Crippen LogP contribution is 2.25. The highest BCUT2D eigenvalue weighted by atomic mass is 35.5. The van der Waals surface area contributed by atoms with Crippen LogP contribution in [0.15, 0.2) is 42.5 Å². The highest BCUT2D eigenvalue weighted by Gasteiger charge is 2.46. The summed E-state index contributed by atoms with van der Waals surface area (Å²) < 4.78 is 18.1. The average Bonchev–Trinajstić information content (AvgIpc) is 2.87. The molecule has 5 amide bonds. The predicted molar refractivity (Wildman–Crippen MR) is 97.6 cm³/mol. The summed E-state index contributed by atoms with van der Waals surface area (Å²) in [6.07, 6.45) is 0. The minimum absolute atomic E-state index is 0.0524. The summed E-state index contributed by atoms with van der Waals surface area (Å²) in [5.41, 5.74) is 0.263. The highest BCUT2D eigenvalue weighted by molar-refractivity contribution is 6.53. The molecule has 2 aromatic rings. The summed E-state index contributed by atoms with van der Waals surface area (Å²) in [7, 11) is 1.46. The largest absolute Gasteiger partial charge is 0.497 e. The van der Waals surface area contributed by atoms with E-state index in [0.717, 1.165) is 12.1 Å². The number of rotatable bonds is 5. The fourth-order valence-electron chi connectivity index (χ4n) is 2.53. The second-order valence-electron chi connectivity index (χ2n) is 5.68. The number of hydrogen-bond acceptors (Lipinski definition) is 5. The van der Waals surface area contributed by atoms with Crippen LogP contribution in [0.5, 0.6) is 5.75 Å². The first-order chi connectivity index (χ1) is 13.3. The van der Waals surface area contributed by atoms with Gasteiger partial charge in [0, 0.05) is 0 Å². The third kappa shape index (κ3) is 3.65. The molecule has 1 aliphatic heterocycles. The lowest BCUT2D eigenvalue weighted by molar-refractivity contribution is -0.140. The Morgan fingerprint density at radius 1 is 1.11 bits per heavy atom. The molecular formula is C18H13ClFN3O5. The first-order valence-electron chi connectivity index (χ1n) is 7.90. The standard InChI is InChI=1S/C18H13ClFN3O5/c1-28-12-5-3-11(4-6-12)23-17(26)16(25)22(18(23)27)9-15(24)21-14-7-2-10(20)8-13(14)19/h2-8H,9H2,1H3,(H,21,24). The Balaban J connectivity index is 1.75. The van der Waals surface area contributed by atoms with Gasteiger partial charge in [-0.25, -0.2) is 19.0 Å². The maximum atomic E-state index is 13.1. The van der Waals surface area contributed by atoms with E-state index in [0.29, 0.717) is 15.5 Å². The number of ether oxygens (including phenoxy) is 1. The first-order valence-corrected chi connectivity index (χ1v) is 8.28. The van der Waals surface area contributed by atoms with Gasteiger partial charge in [0.15, 0.2) is 0 Å². The molecule has 0 aliphatic carbocycles. The molecule has 1 saturated heterocycles. The van der Waals surface area contributed by atoms with Gasteiger partial charge < -0.3 is 10.1 Å². The topological polar surface area (TPSA) is 96.0 Å². The molecule has 0 spiro atoms. The van der Waals surface area contributed by atoms with E-state index in [-0.39, 0.29) is 16.4 Å². The number of imide groups is 2. The van der Waals surface area contributed by atoms with Crippen molar-refractivity contribution in [2.24, 2.45) is 0 Å². The first kappa shape index (κ1) is 19.3. The smallest absolute Gasteiger partial charge is 0.339 e. The Bertz CT molecular complexity index is 980. The molecule has 3 rings (SSSR count). The SMILES string of the molecule is COc1ccc(N2C(=O)C(=O)N(CC(=O)Nc3ccc(F)cc3Cl)C2=O)cc1. The van der Waals surface area contributed by atoms with Crippen LogP contribution in [0.4, 0.5) is 20.6 Å². The van der Waals surface area contributed by atoms with E-state index < -0.39 is 36.1 Å². The lowest BCUT2D eigenvalue weighted by atomic mass is 10.3. The van der Waals surface area contributed by atoms with E-state index in [1.165, 1.54) is 37.4 Å². The van der Waals surface area contributed by atoms with Crippen molar-refractivity contribution < 1.29 is 28.3 Å². The maximum absolute atomic E-state index is 13.1. The number of carbonyl (C=O) groups excluding carboxylic acids is 4. The predicted octanol–water partition coefficient (Wildman–Crippen LogP) is 2.42. The van der Waals surface area contributed by atoms with Crippen molar-refractivity contribution in [2.75, 3.05) is 23.9 Å². The fourth-order valence-corrected chi connectivity index (χ4v) is 2.74. The molecule has 10 heteroatoms. The van der Waals surface area contributed by atoms with Gasteiger partial charge in [-0.1, -0.05) is 11.6 Å². The van der Waals surface area contributed by atoms with Gasteiger partial charge in [-0.05, 0) is 42.5 Å². The van der Waals surface area contributed by atoms with Gasteiger partial charge in [0.1, 0.15) is 18.1 Å². The van der Waals surface area contributed by atoms with Crippen LogP contribution < -0.4 is 15.0 Å². The zero-order chi connectivity index (χ0) is 20.4. The molecule has 144 valence electrons. The molecule has 0 aromatic heterocycles. The monoisotopic (exact) mass is 405 g/mol. The number of benzene rings is 2. The molecule has 0 saturated carbocycles. The van der Waals surface area contributed by atoms with Crippen molar-refractivity contribution in [3.05, 3.63) is 53.3 Å². The van der Waals surface area contributed by atoms with Crippen molar-refractivity contribution in [2.45, 2.75) is 0 Å². The number of urea groups is 1. The number of methoxy groups -OCH3 is 1. The molecule has 0 atom stereocenters. The molecule has 28 heavy (non-hydrogen) atoms. The van der Waals surface area contributed by atoms with Crippen LogP contribution in [0.2, 0.25) is 5.02 Å². The summed E-state index contributed by atoms with van der Waals surface area (Å²) in [5.74, 6) is -3.08. The molecule has 8 nitrogen and oxygen atoms in total. The summed E-state index contributed by atoms with van der Waals surface area (Å²) in [4.78, 5) is 50.2. The minimum atomic E-state index is -1.14. The second kappa shape index (κ2) is 7.65. The lowest BCUT2D eigenvalue weighted by Crippen LogP contribution is -2.39. The van der Waals surface area contributed by atoms with Crippen LogP contribution in [-0.2, 0) is 14.4 Å². The third-order valence-corrected chi connectivity index (χ3v) is 4.20. The molecule has 1 heterocycles. The summed E-state index contributed by atoms with van der Waals surface area (Å²) in [6.45, 7) is -0.705. The van der Waals surface area contributed by atoms with Gasteiger partial charge in [0.05, 0.1) is 23.5 Å². The van der Waals surface area contributed by atoms with Crippen LogP contribution in [0, 0.1) is 5.82 Å². The Morgan fingerprint density at radius 3 is 2.39 bits per heavy atom. The van der Waals surface area contributed by atoms with Crippen molar-refractivity contribution in [3.8, 4) is 5.75 Å². The molecule has 1 fully saturated rings. The molecule has 2 aromatic carbocycles. The summed E-state index contributed by atoms with van der Waals surface area (Å²) in [5, 5.41) is 2.31. The van der Waals surface area contributed by atoms with Crippen LogP contribution in [0.25, 0.3) is 0 Å². The van der Waals surface area contributed by atoms with Gasteiger partial charge in [-0.2, -0.15) is 0 Å². The van der Waals surface area contributed by atoms with Gasteiger partial charge in [0.25, 0.3) is 0 Å². The summed E-state index contributed by atoms with van der Waals surface area (Å²) in [6, 6.07) is 8.27. The number of anilines is 2. The van der Waals surface area contributed by atoms with E-state index >= 15 is 0 Å². The fraction of sp³-hybridized carbons (Fsp3) is 0.111. The zero-order valence-corrected chi connectivity index (χ0v) is 15.2. The quantitative estimate of drug-likeness (QED) is 0.608.